The molecule has 32 heavy (non-hydrogen) atoms. The third kappa shape index (κ3) is 3.10. The van der Waals surface area contributed by atoms with E-state index in [2.05, 4.69) is 21.4 Å². The first-order valence-corrected chi connectivity index (χ1v) is 11.2. The normalized spacial score (nSPS) is 18.7. The summed E-state index contributed by atoms with van der Waals surface area (Å²) in [5, 5.41) is 1.92. The number of nitrogens with zero attached hydrogens (tertiary/aromatic N) is 3. The molecular weight excluding hydrogens is 402 g/mol. The van der Waals surface area contributed by atoms with Crippen LogP contribution in [0.2, 0.25) is 0 Å². The van der Waals surface area contributed by atoms with Crippen LogP contribution in [-0.2, 0) is 4.74 Å². The number of aromatic nitrogens is 2. The van der Waals surface area contributed by atoms with Gasteiger partial charge in [0.15, 0.2) is 5.78 Å². The van der Waals surface area contributed by atoms with Crippen molar-refractivity contribution >= 4 is 27.6 Å². The highest BCUT2D eigenvalue weighted by molar-refractivity contribution is 6.18. The van der Waals surface area contributed by atoms with E-state index in [-0.39, 0.29) is 11.8 Å². The van der Waals surface area contributed by atoms with Crippen molar-refractivity contribution < 1.29 is 14.3 Å². The molecule has 0 N–H and O–H groups in total. The Labute approximate surface area is 186 Å². The molecule has 0 bridgehead atoms. The summed E-state index contributed by atoms with van der Waals surface area (Å²) in [4.78, 5) is 20.7. The molecular formula is C26H25N3O3. The summed E-state index contributed by atoms with van der Waals surface area (Å²) >= 11 is 0. The highest BCUT2D eigenvalue weighted by atomic mass is 16.5. The van der Waals surface area contributed by atoms with Crippen LogP contribution in [0.25, 0.3) is 21.8 Å². The second kappa shape index (κ2) is 7.73. The molecule has 0 aliphatic carbocycles. The summed E-state index contributed by atoms with van der Waals surface area (Å²) < 4.78 is 14.0. The molecule has 1 fully saturated rings. The van der Waals surface area contributed by atoms with Crippen molar-refractivity contribution in [1.82, 2.24) is 14.5 Å². The van der Waals surface area contributed by atoms with Gasteiger partial charge in [-0.25, -0.2) is 0 Å². The van der Waals surface area contributed by atoms with Crippen molar-refractivity contribution in [3.8, 4) is 5.75 Å². The number of ether oxygens (including phenoxy) is 2. The predicted molar refractivity (Wildman–Crippen MR) is 124 cm³/mol. The first-order chi connectivity index (χ1) is 15.7. The number of para-hydroxylation sites is 2. The van der Waals surface area contributed by atoms with Crippen LogP contribution in [-0.4, -0.2) is 59.7 Å². The molecule has 1 saturated heterocycles. The average molecular weight is 428 g/mol. The van der Waals surface area contributed by atoms with E-state index in [4.69, 9.17) is 9.47 Å². The Bertz CT molecular complexity index is 1340. The minimum Gasteiger partial charge on any atom is -0.489 e. The van der Waals surface area contributed by atoms with Gasteiger partial charge in [0.05, 0.1) is 35.9 Å². The van der Waals surface area contributed by atoms with Gasteiger partial charge >= 0.3 is 0 Å². The zero-order valence-corrected chi connectivity index (χ0v) is 18.1. The van der Waals surface area contributed by atoms with Gasteiger partial charge < -0.3 is 14.0 Å². The zero-order valence-electron chi connectivity index (χ0n) is 18.1. The van der Waals surface area contributed by atoms with E-state index >= 15 is 0 Å². The number of pyridine rings is 1. The number of hydrogen-bond acceptors (Lipinski definition) is 5. The molecule has 0 radical (unpaired) electrons. The van der Waals surface area contributed by atoms with Crippen molar-refractivity contribution in [2.75, 3.05) is 39.5 Å². The summed E-state index contributed by atoms with van der Waals surface area (Å²) in [6, 6.07) is 16.0. The fourth-order valence-electron chi connectivity index (χ4n) is 5.13. The van der Waals surface area contributed by atoms with Crippen LogP contribution in [0.4, 0.5) is 0 Å². The van der Waals surface area contributed by atoms with Crippen molar-refractivity contribution in [3.05, 3.63) is 71.5 Å². The second-order valence-corrected chi connectivity index (χ2v) is 8.61. The van der Waals surface area contributed by atoms with Crippen molar-refractivity contribution in [2.45, 2.75) is 13.0 Å². The Balaban J connectivity index is 1.46. The van der Waals surface area contributed by atoms with Crippen LogP contribution >= 0.6 is 0 Å². The molecule has 2 aliphatic rings. The lowest BCUT2D eigenvalue weighted by atomic mass is 10.0. The van der Waals surface area contributed by atoms with Crippen LogP contribution in [0, 0.1) is 6.92 Å². The molecule has 4 aromatic rings. The predicted octanol–water partition coefficient (Wildman–Crippen LogP) is 3.99. The summed E-state index contributed by atoms with van der Waals surface area (Å²) in [7, 11) is 0. The average Bonchev–Trinajstić information content (AvgIpc) is 3.14. The molecule has 6 rings (SSSR count). The van der Waals surface area contributed by atoms with Crippen LogP contribution in [0.15, 0.2) is 54.7 Å². The number of morpholine rings is 1. The zero-order chi connectivity index (χ0) is 21.7. The van der Waals surface area contributed by atoms with Gasteiger partial charge in [-0.05, 0) is 25.1 Å². The van der Waals surface area contributed by atoms with E-state index in [0.29, 0.717) is 12.2 Å². The van der Waals surface area contributed by atoms with E-state index in [0.717, 1.165) is 71.7 Å². The maximum atomic E-state index is 13.8. The molecule has 0 amide bonds. The molecule has 162 valence electrons. The summed E-state index contributed by atoms with van der Waals surface area (Å²) in [5.74, 6) is 0.855. The molecule has 2 aliphatic heterocycles. The Morgan fingerprint density at radius 1 is 1.12 bits per heavy atom. The van der Waals surface area contributed by atoms with Crippen LogP contribution in [0.3, 0.4) is 0 Å². The van der Waals surface area contributed by atoms with Crippen molar-refractivity contribution in [3.63, 3.8) is 0 Å². The quantitative estimate of drug-likeness (QED) is 0.461. The van der Waals surface area contributed by atoms with Gasteiger partial charge in [0.2, 0.25) is 0 Å². The standard InChI is InChI=1S/C26H25N3O3/c1-17-24(26(30)19-13-18-5-2-3-7-22(18)27-14-19)21-6-4-8-23-25(21)29(17)20(16-32-23)15-28-9-11-31-12-10-28/h2-8,13-14,20H,9-12,15-16H2,1H3. The monoisotopic (exact) mass is 427 g/mol. The fraction of sp³-hybridized carbons (Fsp3) is 0.308. The number of hydrogen-bond donors (Lipinski definition) is 0. The molecule has 4 heterocycles. The first-order valence-electron chi connectivity index (χ1n) is 11.2. The maximum absolute atomic E-state index is 13.8. The smallest absolute Gasteiger partial charge is 0.197 e. The molecule has 2 aromatic carbocycles. The summed E-state index contributed by atoms with van der Waals surface area (Å²) in [6.07, 6.45) is 1.69. The largest absolute Gasteiger partial charge is 0.489 e. The Kier molecular flexibility index (Phi) is 4.70. The van der Waals surface area contributed by atoms with Gasteiger partial charge in [-0.3, -0.25) is 14.7 Å². The molecule has 6 nitrogen and oxygen atoms in total. The second-order valence-electron chi connectivity index (χ2n) is 8.61. The fourth-order valence-corrected chi connectivity index (χ4v) is 5.13. The topological polar surface area (TPSA) is 56.6 Å². The van der Waals surface area contributed by atoms with Crippen LogP contribution in [0.1, 0.15) is 27.7 Å². The van der Waals surface area contributed by atoms with Crippen molar-refractivity contribution in [1.29, 1.82) is 0 Å². The summed E-state index contributed by atoms with van der Waals surface area (Å²) in [5.41, 5.74) is 4.26. The van der Waals surface area contributed by atoms with Gasteiger partial charge in [-0.2, -0.15) is 0 Å². The van der Waals surface area contributed by atoms with Gasteiger partial charge in [0.1, 0.15) is 12.4 Å². The number of carbonyl (C=O) groups is 1. The van der Waals surface area contributed by atoms with Gasteiger partial charge in [0, 0.05) is 47.9 Å². The molecule has 0 saturated carbocycles. The van der Waals surface area contributed by atoms with Gasteiger partial charge in [-0.15, -0.1) is 0 Å². The SMILES string of the molecule is Cc1c(C(=O)c2cnc3ccccc3c2)c2cccc3c2n1C(CN1CCOCC1)CO3. The Morgan fingerprint density at radius 3 is 2.84 bits per heavy atom. The lowest BCUT2D eigenvalue weighted by Crippen LogP contribution is -2.42. The molecule has 1 atom stereocenters. The van der Waals surface area contributed by atoms with Gasteiger partial charge in [0.25, 0.3) is 0 Å². The highest BCUT2D eigenvalue weighted by Gasteiger charge is 2.31. The number of benzene rings is 2. The third-order valence-corrected chi connectivity index (χ3v) is 6.68. The van der Waals surface area contributed by atoms with Crippen LogP contribution < -0.4 is 4.74 Å². The molecule has 1 unspecified atom stereocenters. The number of fused-ring (bicyclic) bond motifs is 1. The van der Waals surface area contributed by atoms with E-state index in [1.165, 1.54) is 0 Å². The Morgan fingerprint density at radius 2 is 1.97 bits per heavy atom. The van der Waals surface area contributed by atoms with E-state index in [9.17, 15) is 4.79 Å². The Hall–Kier alpha value is -3.22. The highest BCUT2D eigenvalue weighted by Crippen LogP contribution is 2.39. The lowest BCUT2D eigenvalue weighted by Gasteiger charge is -2.34. The maximum Gasteiger partial charge on any atom is 0.197 e. The third-order valence-electron chi connectivity index (χ3n) is 6.68. The summed E-state index contributed by atoms with van der Waals surface area (Å²) in [6.45, 7) is 6.93. The molecule has 6 heteroatoms. The number of ketones is 1. The van der Waals surface area contributed by atoms with Gasteiger partial charge in [-0.1, -0.05) is 30.3 Å². The van der Waals surface area contributed by atoms with E-state index < -0.39 is 0 Å². The molecule has 0 spiro atoms. The van der Waals surface area contributed by atoms with E-state index in [1.54, 1.807) is 6.20 Å². The number of carbonyl (C=O) groups excluding carboxylic acids is 1. The number of rotatable bonds is 4. The first kappa shape index (κ1) is 19.5. The minimum atomic E-state index is 0.00803. The van der Waals surface area contributed by atoms with Crippen molar-refractivity contribution in [2.24, 2.45) is 0 Å². The molecule has 2 aromatic heterocycles. The lowest BCUT2D eigenvalue weighted by molar-refractivity contribution is 0.0272. The van der Waals surface area contributed by atoms with Crippen LogP contribution in [0.5, 0.6) is 5.75 Å². The minimum absolute atomic E-state index is 0.00803. The van der Waals surface area contributed by atoms with E-state index in [1.807, 2.05) is 48.5 Å².